The number of benzene rings is 2. The van der Waals surface area contributed by atoms with Gasteiger partial charge in [0.2, 0.25) is 5.91 Å². The Morgan fingerprint density at radius 3 is 2.76 bits per heavy atom. The molecular weight excluding hydrogens is 310 g/mol. The third-order valence-corrected chi connectivity index (χ3v) is 4.42. The lowest BCUT2D eigenvalue weighted by Crippen LogP contribution is -2.28. The molecule has 2 aromatic carbocycles. The van der Waals surface area contributed by atoms with Crippen LogP contribution in [0.1, 0.15) is 24.2 Å². The van der Waals surface area contributed by atoms with E-state index in [4.69, 9.17) is 0 Å². The number of nitrogens with zero attached hydrogens (tertiary/aromatic N) is 2. The fourth-order valence-corrected chi connectivity index (χ4v) is 3.24. The Morgan fingerprint density at radius 2 is 1.88 bits per heavy atom. The second-order valence-electron chi connectivity index (χ2n) is 6.23. The van der Waals surface area contributed by atoms with Crippen LogP contribution in [-0.4, -0.2) is 15.3 Å². The highest BCUT2D eigenvalue weighted by Crippen LogP contribution is 2.24. The van der Waals surface area contributed by atoms with Crippen LogP contribution in [0, 0.1) is 0 Å². The molecule has 4 nitrogen and oxygen atoms in total. The van der Waals surface area contributed by atoms with Gasteiger partial charge in [0.15, 0.2) is 0 Å². The highest BCUT2D eigenvalue weighted by Gasteiger charge is 2.14. The predicted octanol–water partition coefficient (Wildman–Crippen LogP) is 3.91. The quantitative estimate of drug-likeness (QED) is 0.617. The standard InChI is InChI=1S/C21H19N3O/c1-15(18-10-6-8-16-7-2-3-9-19(16)18)22-21(25)13-17-14-24-12-5-4-11-20(24)23-17/h2-12,14-15H,13H2,1H3,(H,22,25)/t15-/m1/s1. The molecule has 0 unspecified atom stereocenters. The van der Waals surface area contributed by atoms with Crippen molar-refractivity contribution in [3.63, 3.8) is 0 Å². The van der Waals surface area contributed by atoms with E-state index in [-0.39, 0.29) is 18.4 Å². The third-order valence-electron chi connectivity index (χ3n) is 4.42. The highest BCUT2D eigenvalue weighted by atomic mass is 16.1. The van der Waals surface area contributed by atoms with Crippen molar-refractivity contribution in [3.8, 4) is 0 Å². The van der Waals surface area contributed by atoms with Crippen LogP contribution in [-0.2, 0) is 11.2 Å². The first kappa shape index (κ1) is 15.4. The first-order chi connectivity index (χ1) is 12.2. The van der Waals surface area contributed by atoms with E-state index in [0.29, 0.717) is 0 Å². The molecule has 0 radical (unpaired) electrons. The van der Waals surface area contributed by atoms with E-state index in [9.17, 15) is 4.79 Å². The summed E-state index contributed by atoms with van der Waals surface area (Å²) in [7, 11) is 0. The summed E-state index contributed by atoms with van der Waals surface area (Å²) >= 11 is 0. The van der Waals surface area contributed by atoms with Crippen molar-refractivity contribution < 1.29 is 4.79 Å². The number of hydrogen-bond acceptors (Lipinski definition) is 2. The molecule has 0 aliphatic rings. The van der Waals surface area contributed by atoms with E-state index in [2.05, 4.69) is 34.6 Å². The Balaban J connectivity index is 1.51. The van der Waals surface area contributed by atoms with Crippen LogP contribution in [0.15, 0.2) is 73.1 Å². The molecule has 0 fully saturated rings. The Labute approximate surface area is 146 Å². The van der Waals surface area contributed by atoms with E-state index < -0.39 is 0 Å². The zero-order valence-corrected chi connectivity index (χ0v) is 14.0. The molecule has 0 aliphatic heterocycles. The SMILES string of the molecule is C[C@@H](NC(=O)Cc1cn2ccccc2n1)c1cccc2ccccc12. The van der Waals surface area contributed by atoms with Gasteiger partial charge in [-0.05, 0) is 35.4 Å². The number of imidazole rings is 1. The molecular formula is C21H19N3O. The van der Waals surface area contributed by atoms with E-state index in [1.54, 1.807) is 0 Å². The van der Waals surface area contributed by atoms with Gasteiger partial charge >= 0.3 is 0 Å². The molecule has 124 valence electrons. The molecule has 1 N–H and O–H groups in total. The van der Waals surface area contributed by atoms with Gasteiger partial charge < -0.3 is 9.72 Å². The minimum atomic E-state index is -0.0596. The number of fused-ring (bicyclic) bond motifs is 2. The summed E-state index contributed by atoms with van der Waals surface area (Å²) in [6.07, 6.45) is 4.11. The Hall–Kier alpha value is -3.14. The van der Waals surface area contributed by atoms with Gasteiger partial charge in [0.25, 0.3) is 0 Å². The van der Waals surface area contributed by atoms with E-state index in [0.717, 1.165) is 16.9 Å². The average Bonchev–Trinajstić information content (AvgIpc) is 3.03. The van der Waals surface area contributed by atoms with Gasteiger partial charge in [-0.25, -0.2) is 4.98 Å². The zero-order valence-electron chi connectivity index (χ0n) is 14.0. The molecule has 4 rings (SSSR count). The van der Waals surface area contributed by atoms with Crippen LogP contribution in [0.2, 0.25) is 0 Å². The topological polar surface area (TPSA) is 46.4 Å². The average molecular weight is 329 g/mol. The van der Waals surface area contributed by atoms with Gasteiger partial charge in [0.05, 0.1) is 18.2 Å². The normalized spacial score (nSPS) is 12.4. The van der Waals surface area contributed by atoms with Crippen LogP contribution in [0.25, 0.3) is 16.4 Å². The zero-order chi connectivity index (χ0) is 17.2. The minimum Gasteiger partial charge on any atom is -0.349 e. The highest BCUT2D eigenvalue weighted by molar-refractivity contribution is 5.87. The predicted molar refractivity (Wildman–Crippen MR) is 99.4 cm³/mol. The molecule has 0 saturated heterocycles. The minimum absolute atomic E-state index is 0.0242. The van der Waals surface area contributed by atoms with Gasteiger partial charge in [0.1, 0.15) is 5.65 Å². The van der Waals surface area contributed by atoms with Crippen molar-refractivity contribution in [2.75, 3.05) is 0 Å². The summed E-state index contributed by atoms with van der Waals surface area (Å²) in [5, 5.41) is 5.45. The number of hydrogen-bond donors (Lipinski definition) is 1. The van der Waals surface area contributed by atoms with Crippen LogP contribution in [0.4, 0.5) is 0 Å². The van der Waals surface area contributed by atoms with Crippen molar-refractivity contribution in [2.45, 2.75) is 19.4 Å². The first-order valence-corrected chi connectivity index (χ1v) is 8.40. The number of carbonyl (C=O) groups excluding carboxylic acids is 1. The number of aromatic nitrogens is 2. The Bertz CT molecular complexity index is 1010. The Morgan fingerprint density at radius 1 is 1.08 bits per heavy atom. The fourth-order valence-electron chi connectivity index (χ4n) is 3.24. The van der Waals surface area contributed by atoms with Gasteiger partial charge in [-0.15, -0.1) is 0 Å². The second-order valence-corrected chi connectivity index (χ2v) is 6.23. The summed E-state index contributed by atoms with van der Waals surface area (Å²) in [6, 6.07) is 20.2. The molecule has 2 heterocycles. The summed E-state index contributed by atoms with van der Waals surface area (Å²) in [5.74, 6) is -0.0242. The lowest BCUT2D eigenvalue weighted by molar-refractivity contribution is -0.121. The molecule has 4 aromatic rings. The molecule has 0 bridgehead atoms. The monoisotopic (exact) mass is 329 g/mol. The molecule has 25 heavy (non-hydrogen) atoms. The number of carbonyl (C=O) groups is 1. The largest absolute Gasteiger partial charge is 0.349 e. The summed E-state index contributed by atoms with van der Waals surface area (Å²) in [5.41, 5.74) is 2.75. The summed E-state index contributed by atoms with van der Waals surface area (Å²) in [4.78, 5) is 16.9. The number of pyridine rings is 1. The third kappa shape index (κ3) is 3.11. The molecule has 4 heteroatoms. The molecule has 0 aliphatic carbocycles. The van der Waals surface area contributed by atoms with Crippen molar-refractivity contribution in [2.24, 2.45) is 0 Å². The first-order valence-electron chi connectivity index (χ1n) is 8.40. The summed E-state index contributed by atoms with van der Waals surface area (Å²) in [6.45, 7) is 2.02. The lowest BCUT2D eigenvalue weighted by Gasteiger charge is -2.16. The van der Waals surface area contributed by atoms with Crippen molar-refractivity contribution in [1.82, 2.24) is 14.7 Å². The van der Waals surface area contributed by atoms with Crippen LogP contribution in [0.5, 0.6) is 0 Å². The van der Waals surface area contributed by atoms with Gasteiger partial charge in [-0.2, -0.15) is 0 Å². The molecule has 1 amide bonds. The smallest absolute Gasteiger partial charge is 0.226 e. The maximum atomic E-state index is 12.4. The lowest BCUT2D eigenvalue weighted by atomic mass is 9.99. The van der Waals surface area contributed by atoms with Crippen molar-refractivity contribution in [1.29, 1.82) is 0 Å². The summed E-state index contributed by atoms with van der Waals surface area (Å²) < 4.78 is 1.93. The second kappa shape index (κ2) is 6.40. The van der Waals surface area contributed by atoms with E-state index >= 15 is 0 Å². The number of rotatable bonds is 4. The van der Waals surface area contributed by atoms with E-state index in [1.807, 2.05) is 60.1 Å². The van der Waals surface area contributed by atoms with Crippen molar-refractivity contribution in [3.05, 3.63) is 84.3 Å². The van der Waals surface area contributed by atoms with Crippen LogP contribution in [0.3, 0.4) is 0 Å². The molecule has 2 aromatic heterocycles. The molecule has 1 atom stereocenters. The van der Waals surface area contributed by atoms with E-state index in [1.165, 1.54) is 10.8 Å². The number of amides is 1. The van der Waals surface area contributed by atoms with Crippen LogP contribution >= 0.6 is 0 Å². The molecule has 0 saturated carbocycles. The fraction of sp³-hybridized carbons (Fsp3) is 0.143. The number of nitrogens with one attached hydrogen (secondary N) is 1. The Kier molecular flexibility index (Phi) is 3.94. The van der Waals surface area contributed by atoms with Gasteiger partial charge in [-0.3, -0.25) is 4.79 Å². The molecule has 0 spiro atoms. The van der Waals surface area contributed by atoms with Gasteiger partial charge in [-0.1, -0.05) is 48.5 Å². The maximum Gasteiger partial charge on any atom is 0.226 e. The van der Waals surface area contributed by atoms with Gasteiger partial charge in [0, 0.05) is 12.4 Å². The van der Waals surface area contributed by atoms with Crippen molar-refractivity contribution >= 4 is 22.3 Å². The maximum absolute atomic E-state index is 12.4. The van der Waals surface area contributed by atoms with Crippen LogP contribution < -0.4 is 5.32 Å².